The van der Waals surface area contributed by atoms with Crippen molar-refractivity contribution in [2.45, 2.75) is 51.0 Å². The molecule has 0 bridgehead atoms. The third kappa shape index (κ3) is 3.71. The van der Waals surface area contributed by atoms with Gasteiger partial charge in [-0.2, -0.15) is 0 Å². The van der Waals surface area contributed by atoms with Crippen LogP contribution in [0.25, 0.3) is 0 Å². The van der Waals surface area contributed by atoms with Gasteiger partial charge in [0.15, 0.2) is 0 Å². The van der Waals surface area contributed by atoms with Crippen LogP contribution in [0.1, 0.15) is 44.9 Å². The van der Waals surface area contributed by atoms with E-state index >= 15 is 0 Å². The summed E-state index contributed by atoms with van der Waals surface area (Å²) in [6.45, 7) is -0.135. The summed E-state index contributed by atoms with van der Waals surface area (Å²) in [5, 5.41) is 11.6. The number of aliphatic carboxylic acids is 1. The highest BCUT2D eigenvalue weighted by Gasteiger charge is 2.34. The van der Waals surface area contributed by atoms with Gasteiger partial charge in [0, 0.05) is 13.0 Å². The third-order valence-electron chi connectivity index (χ3n) is 4.28. The van der Waals surface area contributed by atoms with Gasteiger partial charge in [-0.25, -0.2) is 4.79 Å². The molecule has 6 heteroatoms. The lowest BCUT2D eigenvalue weighted by Gasteiger charge is -2.33. The van der Waals surface area contributed by atoms with Crippen LogP contribution in [0.2, 0.25) is 0 Å². The number of piperazine rings is 1. The maximum absolute atomic E-state index is 12.2. The molecule has 1 saturated heterocycles. The van der Waals surface area contributed by atoms with E-state index in [0.717, 1.165) is 19.3 Å². The van der Waals surface area contributed by atoms with E-state index in [1.807, 2.05) is 0 Å². The summed E-state index contributed by atoms with van der Waals surface area (Å²) < 4.78 is 0. The number of nitrogens with zero attached hydrogens (tertiary/aromatic N) is 1. The van der Waals surface area contributed by atoms with Crippen LogP contribution in [0, 0.1) is 5.92 Å². The molecule has 2 rings (SSSR count). The number of carbonyl (C=O) groups is 3. The smallest absolute Gasteiger partial charge is 0.328 e. The van der Waals surface area contributed by atoms with Crippen molar-refractivity contribution in [3.05, 3.63) is 0 Å². The van der Waals surface area contributed by atoms with Crippen LogP contribution in [0.3, 0.4) is 0 Å². The minimum absolute atomic E-state index is 0.00331. The Morgan fingerprint density at radius 2 is 1.95 bits per heavy atom. The van der Waals surface area contributed by atoms with Crippen molar-refractivity contribution in [2.24, 2.45) is 5.92 Å². The minimum Gasteiger partial charge on any atom is -0.480 e. The topological polar surface area (TPSA) is 86.7 Å². The first-order valence-electron chi connectivity index (χ1n) is 7.37. The van der Waals surface area contributed by atoms with Crippen LogP contribution in [-0.4, -0.2) is 46.9 Å². The molecular weight excluding hydrogens is 260 g/mol. The van der Waals surface area contributed by atoms with Crippen LogP contribution < -0.4 is 5.32 Å². The van der Waals surface area contributed by atoms with E-state index in [1.165, 1.54) is 24.2 Å². The Bertz CT molecular complexity index is 391. The average molecular weight is 282 g/mol. The molecule has 1 saturated carbocycles. The van der Waals surface area contributed by atoms with E-state index in [1.54, 1.807) is 0 Å². The van der Waals surface area contributed by atoms with Crippen molar-refractivity contribution < 1.29 is 19.5 Å². The van der Waals surface area contributed by atoms with Crippen molar-refractivity contribution in [2.75, 3.05) is 13.1 Å². The van der Waals surface area contributed by atoms with E-state index in [9.17, 15) is 14.4 Å². The fourth-order valence-corrected chi connectivity index (χ4v) is 3.07. The molecule has 112 valence electrons. The molecule has 0 aromatic carbocycles. The molecule has 0 aromatic rings. The van der Waals surface area contributed by atoms with Crippen LogP contribution in [0.5, 0.6) is 0 Å². The second-order valence-corrected chi connectivity index (χ2v) is 5.72. The average Bonchev–Trinajstić information content (AvgIpc) is 2.45. The zero-order chi connectivity index (χ0) is 14.5. The largest absolute Gasteiger partial charge is 0.480 e. The minimum atomic E-state index is -1.06. The molecule has 2 N–H and O–H groups in total. The Labute approximate surface area is 118 Å². The molecule has 2 fully saturated rings. The molecule has 2 amide bonds. The summed E-state index contributed by atoms with van der Waals surface area (Å²) in [5.41, 5.74) is 0. The van der Waals surface area contributed by atoms with Crippen LogP contribution >= 0.6 is 0 Å². The quantitative estimate of drug-likeness (QED) is 0.797. The summed E-state index contributed by atoms with van der Waals surface area (Å²) in [5.74, 6) is -0.975. The molecule has 20 heavy (non-hydrogen) atoms. The molecule has 1 heterocycles. The van der Waals surface area contributed by atoms with E-state index in [0.29, 0.717) is 12.3 Å². The number of carboxylic acids is 1. The van der Waals surface area contributed by atoms with Crippen LogP contribution in [0.4, 0.5) is 0 Å². The molecule has 1 atom stereocenters. The highest BCUT2D eigenvalue weighted by Crippen LogP contribution is 2.27. The van der Waals surface area contributed by atoms with Gasteiger partial charge in [-0.1, -0.05) is 32.1 Å². The Balaban J connectivity index is 1.87. The number of carbonyl (C=O) groups excluding carboxylic acids is 2. The van der Waals surface area contributed by atoms with E-state index in [2.05, 4.69) is 5.32 Å². The number of carboxylic acid groups (broad SMARTS) is 1. The predicted octanol–water partition coefficient (Wildman–Crippen LogP) is 0.758. The second-order valence-electron chi connectivity index (χ2n) is 5.72. The Morgan fingerprint density at radius 3 is 2.60 bits per heavy atom. The fourth-order valence-electron chi connectivity index (χ4n) is 3.07. The molecular formula is C14H22N2O4. The number of rotatable bonds is 4. The van der Waals surface area contributed by atoms with Gasteiger partial charge in [0.1, 0.15) is 12.6 Å². The van der Waals surface area contributed by atoms with Crippen LogP contribution in [-0.2, 0) is 14.4 Å². The Kier molecular flexibility index (Phi) is 4.98. The van der Waals surface area contributed by atoms with Gasteiger partial charge in [-0.05, 0) is 12.3 Å². The SMILES string of the molecule is O=C1CN(C(=O)CCC2CCCCC2)C(C(=O)O)CN1. The highest BCUT2D eigenvalue weighted by atomic mass is 16.4. The maximum atomic E-state index is 12.2. The molecule has 0 spiro atoms. The molecule has 0 radical (unpaired) electrons. The zero-order valence-corrected chi connectivity index (χ0v) is 11.6. The van der Waals surface area contributed by atoms with E-state index in [-0.39, 0.29) is 24.9 Å². The summed E-state index contributed by atoms with van der Waals surface area (Å²) in [4.78, 5) is 35.9. The monoisotopic (exact) mass is 282 g/mol. The predicted molar refractivity (Wildman–Crippen MR) is 72.0 cm³/mol. The number of hydrogen-bond acceptors (Lipinski definition) is 3. The maximum Gasteiger partial charge on any atom is 0.328 e. The van der Waals surface area contributed by atoms with Crippen molar-refractivity contribution in [1.82, 2.24) is 10.2 Å². The lowest BCUT2D eigenvalue weighted by Crippen LogP contribution is -2.59. The van der Waals surface area contributed by atoms with Crippen molar-refractivity contribution in [3.8, 4) is 0 Å². The fraction of sp³-hybridized carbons (Fsp3) is 0.786. The third-order valence-corrected chi connectivity index (χ3v) is 4.28. The lowest BCUT2D eigenvalue weighted by atomic mass is 9.86. The molecule has 2 aliphatic rings. The highest BCUT2D eigenvalue weighted by molar-refractivity contribution is 5.91. The second kappa shape index (κ2) is 6.72. The zero-order valence-electron chi connectivity index (χ0n) is 11.6. The van der Waals surface area contributed by atoms with Crippen molar-refractivity contribution in [1.29, 1.82) is 0 Å². The summed E-state index contributed by atoms with van der Waals surface area (Å²) in [7, 11) is 0. The van der Waals surface area contributed by atoms with Crippen molar-refractivity contribution in [3.63, 3.8) is 0 Å². The molecule has 1 aliphatic heterocycles. The first kappa shape index (κ1) is 14.8. The van der Waals surface area contributed by atoms with Crippen LogP contribution in [0.15, 0.2) is 0 Å². The van der Waals surface area contributed by atoms with Crippen molar-refractivity contribution >= 4 is 17.8 Å². The summed E-state index contributed by atoms with van der Waals surface area (Å²) in [6, 6.07) is -0.924. The Hall–Kier alpha value is -1.59. The van der Waals surface area contributed by atoms with Gasteiger partial charge >= 0.3 is 5.97 Å². The molecule has 0 aromatic heterocycles. The standard InChI is InChI=1S/C14H22N2O4/c17-12-9-16(11(8-15-12)14(19)20)13(18)7-6-10-4-2-1-3-5-10/h10-11H,1-9H2,(H,15,17)(H,19,20). The van der Waals surface area contributed by atoms with Gasteiger partial charge in [0.05, 0.1) is 0 Å². The Morgan fingerprint density at radius 1 is 1.25 bits per heavy atom. The van der Waals surface area contributed by atoms with Gasteiger partial charge in [-0.3, -0.25) is 9.59 Å². The van der Waals surface area contributed by atoms with Gasteiger partial charge in [0.25, 0.3) is 0 Å². The molecule has 1 unspecified atom stereocenters. The summed E-state index contributed by atoms with van der Waals surface area (Å²) >= 11 is 0. The molecule has 6 nitrogen and oxygen atoms in total. The normalized spacial score (nSPS) is 24.3. The van der Waals surface area contributed by atoms with Gasteiger partial charge in [-0.15, -0.1) is 0 Å². The lowest BCUT2D eigenvalue weighted by molar-refractivity contribution is -0.154. The number of nitrogens with one attached hydrogen (secondary N) is 1. The first-order chi connectivity index (χ1) is 9.58. The van der Waals surface area contributed by atoms with E-state index in [4.69, 9.17) is 5.11 Å². The number of amides is 2. The molecule has 1 aliphatic carbocycles. The summed E-state index contributed by atoms with van der Waals surface area (Å²) in [6.07, 6.45) is 7.21. The van der Waals surface area contributed by atoms with Gasteiger partial charge in [0.2, 0.25) is 11.8 Å². The first-order valence-corrected chi connectivity index (χ1v) is 7.37. The number of hydrogen-bond donors (Lipinski definition) is 2. The van der Waals surface area contributed by atoms with E-state index < -0.39 is 12.0 Å². The van der Waals surface area contributed by atoms with Gasteiger partial charge < -0.3 is 15.3 Å².